The summed E-state index contributed by atoms with van der Waals surface area (Å²) >= 11 is 3.44. The van der Waals surface area contributed by atoms with E-state index in [4.69, 9.17) is 4.74 Å². The van der Waals surface area contributed by atoms with Crippen LogP contribution in [0, 0.1) is 0 Å². The average Bonchev–Trinajstić information content (AvgIpc) is 2.66. The number of hydrogen-bond acceptors (Lipinski definition) is 2. The van der Waals surface area contributed by atoms with Gasteiger partial charge in [0.05, 0.1) is 5.56 Å². The number of benzene rings is 3. The van der Waals surface area contributed by atoms with Crippen molar-refractivity contribution in [3.05, 3.63) is 106 Å². The summed E-state index contributed by atoms with van der Waals surface area (Å²) in [4.78, 5) is 13.1. The molecule has 3 aromatic carbocycles. The monoisotopic (exact) mass is 390 g/mol. The second-order valence-corrected chi connectivity index (χ2v) is 6.80. The SMILES string of the molecule is O=C1/C(=C/c2ccc(Br)cc2)[C@H](c2ccccc2)Oc2ccccc21. The second kappa shape index (κ2) is 6.69. The van der Waals surface area contributed by atoms with Crippen LogP contribution in [0.3, 0.4) is 0 Å². The maximum absolute atomic E-state index is 13.1. The van der Waals surface area contributed by atoms with Gasteiger partial charge in [-0.25, -0.2) is 0 Å². The molecule has 0 N–H and O–H groups in total. The number of carbonyl (C=O) groups is 1. The molecule has 0 aromatic heterocycles. The van der Waals surface area contributed by atoms with Crippen molar-refractivity contribution in [2.75, 3.05) is 0 Å². The molecule has 3 heteroatoms. The molecule has 0 unspecified atom stereocenters. The highest BCUT2D eigenvalue weighted by Gasteiger charge is 2.32. The fourth-order valence-electron chi connectivity index (χ4n) is 2.98. The summed E-state index contributed by atoms with van der Waals surface area (Å²) in [7, 11) is 0. The molecule has 0 saturated carbocycles. The fourth-order valence-corrected chi connectivity index (χ4v) is 3.24. The van der Waals surface area contributed by atoms with E-state index in [1.54, 1.807) is 0 Å². The Morgan fingerprint density at radius 3 is 2.28 bits per heavy atom. The lowest BCUT2D eigenvalue weighted by molar-refractivity contribution is 0.0963. The summed E-state index contributed by atoms with van der Waals surface area (Å²) in [5.41, 5.74) is 3.19. The summed E-state index contributed by atoms with van der Waals surface area (Å²) in [6.07, 6.45) is 1.51. The van der Waals surface area contributed by atoms with Crippen molar-refractivity contribution < 1.29 is 9.53 Å². The van der Waals surface area contributed by atoms with Gasteiger partial charge < -0.3 is 4.74 Å². The average molecular weight is 391 g/mol. The first kappa shape index (κ1) is 15.9. The molecule has 0 radical (unpaired) electrons. The Morgan fingerprint density at radius 1 is 0.840 bits per heavy atom. The van der Waals surface area contributed by atoms with Crippen molar-refractivity contribution in [3.8, 4) is 5.75 Å². The Hall–Kier alpha value is -2.65. The lowest BCUT2D eigenvalue weighted by Crippen LogP contribution is -2.23. The molecule has 1 atom stereocenters. The number of rotatable bonds is 2. The zero-order valence-corrected chi connectivity index (χ0v) is 14.9. The minimum Gasteiger partial charge on any atom is -0.480 e. The number of Topliss-reactive ketones (excluding diaryl/α,β-unsaturated/α-hetero) is 1. The van der Waals surface area contributed by atoms with Crippen LogP contribution in [0.15, 0.2) is 88.9 Å². The van der Waals surface area contributed by atoms with Crippen LogP contribution in [-0.2, 0) is 0 Å². The van der Waals surface area contributed by atoms with E-state index in [1.807, 2.05) is 84.9 Å². The van der Waals surface area contributed by atoms with Crippen LogP contribution in [0.2, 0.25) is 0 Å². The Balaban J connectivity index is 1.85. The number of ketones is 1. The van der Waals surface area contributed by atoms with E-state index in [-0.39, 0.29) is 5.78 Å². The highest BCUT2D eigenvalue weighted by molar-refractivity contribution is 9.10. The van der Waals surface area contributed by atoms with E-state index in [9.17, 15) is 4.79 Å². The molecule has 1 heterocycles. The lowest BCUT2D eigenvalue weighted by Gasteiger charge is -2.28. The molecule has 1 aliphatic heterocycles. The molecule has 0 spiro atoms. The normalized spacial score (nSPS) is 17.9. The molecule has 4 rings (SSSR count). The smallest absolute Gasteiger partial charge is 0.196 e. The highest BCUT2D eigenvalue weighted by atomic mass is 79.9. The third-order valence-electron chi connectivity index (χ3n) is 4.22. The van der Waals surface area contributed by atoms with Crippen LogP contribution < -0.4 is 4.74 Å². The van der Waals surface area contributed by atoms with Crippen LogP contribution in [0.4, 0.5) is 0 Å². The summed E-state index contributed by atoms with van der Waals surface area (Å²) < 4.78 is 7.20. The van der Waals surface area contributed by atoms with Gasteiger partial charge in [-0.2, -0.15) is 0 Å². The predicted octanol–water partition coefficient (Wildman–Crippen LogP) is 5.85. The van der Waals surface area contributed by atoms with Crippen molar-refractivity contribution in [2.45, 2.75) is 6.10 Å². The number of carbonyl (C=O) groups excluding carboxylic acids is 1. The van der Waals surface area contributed by atoms with Gasteiger partial charge in [-0.1, -0.05) is 70.5 Å². The van der Waals surface area contributed by atoms with Gasteiger partial charge in [-0.15, -0.1) is 0 Å². The number of fused-ring (bicyclic) bond motifs is 1. The molecule has 122 valence electrons. The molecule has 3 aromatic rings. The van der Waals surface area contributed by atoms with E-state index in [0.29, 0.717) is 16.9 Å². The van der Waals surface area contributed by atoms with E-state index in [1.165, 1.54) is 0 Å². The number of para-hydroxylation sites is 1. The Morgan fingerprint density at radius 2 is 1.52 bits per heavy atom. The molecular weight excluding hydrogens is 376 g/mol. The van der Waals surface area contributed by atoms with Gasteiger partial charge in [0.25, 0.3) is 0 Å². The van der Waals surface area contributed by atoms with Crippen LogP contribution in [0.25, 0.3) is 6.08 Å². The lowest BCUT2D eigenvalue weighted by atomic mass is 9.89. The molecule has 2 nitrogen and oxygen atoms in total. The predicted molar refractivity (Wildman–Crippen MR) is 103 cm³/mol. The molecule has 25 heavy (non-hydrogen) atoms. The van der Waals surface area contributed by atoms with Gasteiger partial charge in [0, 0.05) is 10.0 Å². The zero-order valence-electron chi connectivity index (χ0n) is 13.4. The first-order chi connectivity index (χ1) is 12.2. The van der Waals surface area contributed by atoms with Crippen molar-refractivity contribution in [3.63, 3.8) is 0 Å². The topological polar surface area (TPSA) is 26.3 Å². The molecular formula is C22H15BrO2. The van der Waals surface area contributed by atoms with E-state index in [0.717, 1.165) is 15.6 Å². The van der Waals surface area contributed by atoms with Crippen LogP contribution in [0.5, 0.6) is 5.75 Å². The van der Waals surface area contributed by atoms with E-state index in [2.05, 4.69) is 15.9 Å². The van der Waals surface area contributed by atoms with Gasteiger partial charge in [0.2, 0.25) is 0 Å². The first-order valence-corrected chi connectivity index (χ1v) is 8.84. The highest BCUT2D eigenvalue weighted by Crippen LogP contribution is 2.39. The number of halogens is 1. The first-order valence-electron chi connectivity index (χ1n) is 8.05. The second-order valence-electron chi connectivity index (χ2n) is 5.89. The van der Waals surface area contributed by atoms with Gasteiger partial charge in [0.1, 0.15) is 5.75 Å². The number of hydrogen-bond donors (Lipinski definition) is 0. The fraction of sp³-hybridized carbons (Fsp3) is 0.0455. The molecule has 0 fully saturated rings. The quantitative estimate of drug-likeness (QED) is 0.513. The molecule has 1 aliphatic rings. The van der Waals surface area contributed by atoms with E-state index < -0.39 is 6.10 Å². The summed E-state index contributed by atoms with van der Waals surface area (Å²) in [6.45, 7) is 0. The Kier molecular flexibility index (Phi) is 4.24. The van der Waals surface area contributed by atoms with Gasteiger partial charge in [0.15, 0.2) is 11.9 Å². The van der Waals surface area contributed by atoms with E-state index >= 15 is 0 Å². The van der Waals surface area contributed by atoms with Crippen molar-refractivity contribution in [1.82, 2.24) is 0 Å². The largest absolute Gasteiger partial charge is 0.480 e. The summed E-state index contributed by atoms with van der Waals surface area (Å²) in [5, 5.41) is 0. The van der Waals surface area contributed by atoms with Crippen LogP contribution >= 0.6 is 15.9 Å². The molecule has 0 saturated heterocycles. The third-order valence-corrected chi connectivity index (χ3v) is 4.74. The number of ether oxygens (including phenoxy) is 1. The minimum absolute atomic E-state index is 0.0126. The Labute approximate surface area is 154 Å². The Bertz CT molecular complexity index is 943. The standard InChI is InChI=1S/C22H15BrO2/c23-17-12-10-15(11-13-17)14-19-21(24)18-8-4-5-9-20(18)25-22(19)16-6-2-1-3-7-16/h1-14,22H/b19-14-/t22-/m0/s1. The minimum atomic E-state index is -0.410. The zero-order chi connectivity index (χ0) is 17.2. The summed E-state index contributed by atoms with van der Waals surface area (Å²) in [5.74, 6) is 0.646. The van der Waals surface area contributed by atoms with Crippen molar-refractivity contribution in [1.29, 1.82) is 0 Å². The summed E-state index contributed by atoms with van der Waals surface area (Å²) in [6, 6.07) is 25.1. The maximum atomic E-state index is 13.1. The van der Waals surface area contributed by atoms with Crippen LogP contribution in [0.1, 0.15) is 27.6 Å². The van der Waals surface area contributed by atoms with Crippen LogP contribution in [-0.4, -0.2) is 5.78 Å². The molecule has 0 aliphatic carbocycles. The molecule has 0 bridgehead atoms. The van der Waals surface area contributed by atoms with Gasteiger partial charge in [-0.3, -0.25) is 4.79 Å². The van der Waals surface area contributed by atoms with Crippen molar-refractivity contribution >= 4 is 27.8 Å². The van der Waals surface area contributed by atoms with Crippen molar-refractivity contribution in [2.24, 2.45) is 0 Å². The third kappa shape index (κ3) is 3.15. The van der Waals surface area contributed by atoms with Gasteiger partial charge in [-0.05, 0) is 41.5 Å². The molecule has 0 amide bonds. The maximum Gasteiger partial charge on any atom is 0.196 e. The van der Waals surface area contributed by atoms with Gasteiger partial charge >= 0.3 is 0 Å².